The van der Waals surface area contributed by atoms with Gasteiger partial charge in [-0.05, 0) is 47.2 Å². The van der Waals surface area contributed by atoms with Crippen molar-refractivity contribution in [3.63, 3.8) is 0 Å². The number of aromatic nitrogens is 1. The Morgan fingerprint density at radius 3 is 2.82 bits per heavy atom. The average molecular weight is 445 g/mol. The second-order valence-corrected chi connectivity index (χ2v) is 8.51. The molecule has 2 aromatic rings. The molecule has 7 heteroatoms. The molecule has 28 heavy (non-hydrogen) atoms. The number of pyridine rings is 1. The van der Waals surface area contributed by atoms with Crippen molar-refractivity contribution in [1.29, 1.82) is 0 Å². The Kier molecular flexibility index (Phi) is 4.51. The smallest absolute Gasteiger partial charge is 0.276 e. The number of carbonyl (C=O) groups excluding carboxylic acids is 1. The lowest BCUT2D eigenvalue weighted by molar-refractivity contribution is -0.170. The summed E-state index contributed by atoms with van der Waals surface area (Å²) in [4.78, 5) is 28.1. The Morgan fingerprint density at radius 1 is 1.18 bits per heavy atom. The van der Waals surface area contributed by atoms with Crippen molar-refractivity contribution in [2.24, 2.45) is 0 Å². The fourth-order valence-corrected chi connectivity index (χ4v) is 5.00. The molecule has 5 rings (SSSR count). The lowest BCUT2D eigenvalue weighted by Crippen LogP contribution is -2.60. The van der Waals surface area contributed by atoms with Crippen LogP contribution in [0.5, 0.6) is 5.75 Å². The number of carbonyl (C=O) groups is 1. The molecule has 1 saturated carbocycles. The van der Waals surface area contributed by atoms with E-state index in [2.05, 4.69) is 15.9 Å². The molecule has 2 bridgehead atoms. The van der Waals surface area contributed by atoms with Crippen LogP contribution in [-0.2, 0) is 17.9 Å². The molecule has 1 saturated heterocycles. The molecule has 6 nitrogen and oxygen atoms in total. The molecule has 146 valence electrons. The predicted octanol–water partition coefficient (Wildman–Crippen LogP) is 3.31. The Balaban J connectivity index is 1.53. The van der Waals surface area contributed by atoms with Crippen LogP contribution in [0.25, 0.3) is 0 Å². The highest BCUT2D eigenvalue weighted by Crippen LogP contribution is 2.38. The lowest BCUT2D eigenvalue weighted by Gasteiger charge is -2.50. The normalized spacial score (nSPS) is 25.8. The number of rotatable bonds is 3. The second-order valence-electron chi connectivity index (χ2n) is 7.66. The molecule has 3 unspecified atom stereocenters. The van der Waals surface area contributed by atoms with Gasteiger partial charge in [-0.15, -0.1) is 0 Å². The minimum absolute atomic E-state index is 0.111. The topological polar surface area (TPSA) is 60.8 Å². The van der Waals surface area contributed by atoms with E-state index >= 15 is 0 Å². The molecule has 1 aliphatic carbocycles. The summed E-state index contributed by atoms with van der Waals surface area (Å²) in [6, 6.07) is 9.81. The molecule has 3 aliphatic rings. The van der Waals surface area contributed by atoms with E-state index < -0.39 is 0 Å². The van der Waals surface area contributed by atoms with Crippen molar-refractivity contribution in [3.05, 3.63) is 62.5 Å². The van der Waals surface area contributed by atoms with Crippen LogP contribution < -0.4 is 10.2 Å². The van der Waals surface area contributed by atoms with Gasteiger partial charge < -0.3 is 18.9 Å². The fourth-order valence-electron chi connectivity index (χ4n) is 4.57. The highest BCUT2D eigenvalue weighted by atomic mass is 79.9. The highest BCUT2D eigenvalue weighted by Gasteiger charge is 2.46. The number of hydrogen-bond donors (Lipinski definition) is 0. The average Bonchev–Trinajstić information content (AvgIpc) is 2.69. The van der Waals surface area contributed by atoms with Gasteiger partial charge >= 0.3 is 0 Å². The number of nitrogens with zero attached hydrogens (tertiary/aromatic N) is 2. The first kappa shape index (κ1) is 17.9. The third-order valence-corrected chi connectivity index (χ3v) is 6.43. The third-order valence-electron chi connectivity index (χ3n) is 5.86. The van der Waals surface area contributed by atoms with Crippen LogP contribution >= 0.6 is 15.9 Å². The summed E-state index contributed by atoms with van der Waals surface area (Å²) in [6.07, 6.45) is 5.62. The van der Waals surface area contributed by atoms with Crippen molar-refractivity contribution >= 4 is 21.8 Å². The first-order valence-electron chi connectivity index (χ1n) is 9.69. The Labute approximate surface area is 171 Å². The molecule has 3 heterocycles. The highest BCUT2D eigenvalue weighted by molar-refractivity contribution is 9.10. The maximum atomic E-state index is 13.4. The van der Waals surface area contributed by atoms with E-state index in [0.717, 1.165) is 31.2 Å². The molecule has 0 radical (unpaired) electrons. The van der Waals surface area contributed by atoms with Crippen LogP contribution in [0.2, 0.25) is 0 Å². The van der Waals surface area contributed by atoms with Crippen LogP contribution in [0.1, 0.15) is 41.7 Å². The summed E-state index contributed by atoms with van der Waals surface area (Å²) in [6.45, 7) is 0.743. The van der Waals surface area contributed by atoms with Crippen LogP contribution in [-0.4, -0.2) is 33.7 Å². The molecule has 1 aromatic carbocycles. The number of hydrogen-bond acceptors (Lipinski definition) is 4. The van der Waals surface area contributed by atoms with E-state index in [1.54, 1.807) is 10.8 Å². The van der Waals surface area contributed by atoms with Crippen molar-refractivity contribution < 1.29 is 14.3 Å². The predicted molar refractivity (Wildman–Crippen MR) is 106 cm³/mol. The largest absolute Gasteiger partial charge is 0.483 e. The summed E-state index contributed by atoms with van der Waals surface area (Å²) in [5.41, 5.74) is 0.972. The van der Waals surface area contributed by atoms with Crippen LogP contribution in [0.15, 0.2) is 45.8 Å². The van der Waals surface area contributed by atoms with E-state index in [0.29, 0.717) is 16.7 Å². The Hall–Kier alpha value is -2.12. The second kappa shape index (κ2) is 7.04. The summed E-state index contributed by atoms with van der Waals surface area (Å²) >= 11 is 3.33. The minimum Gasteiger partial charge on any atom is -0.483 e. The zero-order valence-electron chi connectivity index (χ0n) is 15.3. The van der Waals surface area contributed by atoms with Gasteiger partial charge in [0.05, 0.1) is 17.1 Å². The molecule has 0 N–H and O–H groups in total. The molecule has 3 atom stereocenters. The van der Waals surface area contributed by atoms with E-state index in [1.165, 1.54) is 0 Å². The van der Waals surface area contributed by atoms with E-state index in [4.69, 9.17) is 9.47 Å². The fraction of sp³-hybridized carbons (Fsp3) is 0.429. The number of amides is 1. The summed E-state index contributed by atoms with van der Waals surface area (Å²) in [7, 11) is 0. The van der Waals surface area contributed by atoms with E-state index in [9.17, 15) is 9.59 Å². The summed E-state index contributed by atoms with van der Waals surface area (Å²) < 4.78 is 14.3. The summed E-state index contributed by atoms with van der Waals surface area (Å²) in [5, 5.41) is 0. The van der Waals surface area contributed by atoms with Crippen LogP contribution in [0.3, 0.4) is 0 Å². The van der Waals surface area contributed by atoms with Gasteiger partial charge in [-0.25, -0.2) is 0 Å². The third kappa shape index (κ3) is 2.97. The maximum absolute atomic E-state index is 13.4. The van der Waals surface area contributed by atoms with Crippen LogP contribution in [0, 0.1) is 0 Å². The number of benzene rings is 1. The first-order valence-corrected chi connectivity index (χ1v) is 10.5. The van der Waals surface area contributed by atoms with Crippen LogP contribution in [0.4, 0.5) is 0 Å². The zero-order chi connectivity index (χ0) is 19.3. The number of ether oxygens (including phenoxy) is 2. The monoisotopic (exact) mass is 444 g/mol. The molecule has 2 fully saturated rings. The van der Waals surface area contributed by atoms with E-state index in [-0.39, 0.29) is 42.1 Å². The SMILES string of the molecule is O=C1c2c(OCc3ccccc3)c(=O)c(Br)cn2CC2OC3CCCC(C3)N12. The van der Waals surface area contributed by atoms with Crippen molar-refractivity contribution in [2.45, 2.75) is 57.2 Å². The molecule has 1 aromatic heterocycles. The molecular formula is C21H21BrN2O4. The number of halogens is 1. The maximum Gasteiger partial charge on any atom is 0.276 e. The standard InChI is InChI=1S/C21H21BrN2O4/c22-16-10-23-11-17-24(14-7-4-8-15(9-14)28-17)21(26)18(23)20(19(16)25)27-12-13-5-2-1-3-6-13/h1-3,5-6,10,14-15,17H,4,7-9,11-12H2. The van der Waals surface area contributed by atoms with Gasteiger partial charge in [0.25, 0.3) is 5.91 Å². The molecule has 2 aliphatic heterocycles. The molecular weight excluding hydrogens is 424 g/mol. The van der Waals surface area contributed by atoms with Gasteiger partial charge in [-0.1, -0.05) is 30.3 Å². The van der Waals surface area contributed by atoms with Gasteiger partial charge in [-0.2, -0.15) is 0 Å². The van der Waals surface area contributed by atoms with Gasteiger partial charge in [0, 0.05) is 12.2 Å². The first-order chi connectivity index (χ1) is 13.6. The van der Waals surface area contributed by atoms with Crippen molar-refractivity contribution in [1.82, 2.24) is 9.47 Å². The molecule has 1 amide bonds. The molecule has 0 spiro atoms. The van der Waals surface area contributed by atoms with Gasteiger partial charge in [0.2, 0.25) is 5.43 Å². The summed E-state index contributed by atoms with van der Waals surface area (Å²) in [5.74, 6) is -0.0612. The lowest BCUT2D eigenvalue weighted by atomic mass is 9.89. The quantitative estimate of drug-likeness (QED) is 0.728. The minimum atomic E-state index is -0.298. The van der Waals surface area contributed by atoms with E-state index in [1.807, 2.05) is 35.2 Å². The van der Waals surface area contributed by atoms with Gasteiger partial charge in [-0.3, -0.25) is 9.59 Å². The Bertz CT molecular complexity index is 974. The Morgan fingerprint density at radius 2 is 2.00 bits per heavy atom. The van der Waals surface area contributed by atoms with Gasteiger partial charge in [0.15, 0.2) is 17.7 Å². The zero-order valence-corrected chi connectivity index (χ0v) is 16.9. The van der Waals surface area contributed by atoms with Crippen molar-refractivity contribution in [2.75, 3.05) is 0 Å². The van der Waals surface area contributed by atoms with Crippen molar-refractivity contribution in [3.8, 4) is 5.75 Å². The van der Waals surface area contributed by atoms with Gasteiger partial charge in [0.1, 0.15) is 6.61 Å². The number of fused-ring (bicyclic) bond motifs is 5.